The molecule has 2 aromatic rings. The van der Waals surface area contributed by atoms with Crippen LogP contribution in [0.2, 0.25) is 0 Å². The normalized spacial score (nSPS) is 17.3. The summed E-state index contributed by atoms with van der Waals surface area (Å²) in [6.07, 6.45) is 0. The quantitative estimate of drug-likeness (QED) is 0.827. The van der Waals surface area contributed by atoms with Gasteiger partial charge in [-0.15, -0.1) is 11.3 Å². The molecule has 4 nitrogen and oxygen atoms in total. The Hall–Kier alpha value is -1.97. The van der Waals surface area contributed by atoms with E-state index >= 15 is 0 Å². The van der Waals surface area contributed by atoms with Crippen LogP contribution in [0.25, 0.3) is 0 Å². The van der Waals surface area contributed by atoms with E-state index in [1.807, 2.05) is 11.4 Å². The second kappa shape index (κ2) is 4.85. The number of fused-ring (bicyclic) bond motifs is 1. The number of halogens is 1. The molecule has 0 fully saturated rings. The molecule has 3 rings (SSSR count). The molecule has 0 saturated heterocycles. The predicted molar refractivity (Wildman–Crippen MR) is 79.4 cm³/mol. The summed E-state index contributed by atoms with van der Waals surface area (Å²) in [5, 5.41) is 20.9. The van der Waals surface area contributed by atoms with Crippen molar-refractivity contribution in [1.82, 2.24) is 0 Å². The lowest BCUT2D eigenvalue weighted by atomic mass is 9.88. The number of hydrogen-bond donors (Lipinski definition) is 2. The van der Waals surface area contributed by atoms with Crippen molar-refractivity contribution < 1.29 is 9.84 Å². The molecule has 0 saturated carbocycles. The highest BCUT2D eigenvalue weighted by Crippen LogP contribution is 2.45. The van der Waals surface area contributed by atoms with Crippen molar-refractivity contribution in [2.45, 2.75) is 5.92 Å². The largest absolute Gasteiger partial charge is 0.508 e. The van der Waals surface area contributed by atoms with Gasteiger partial charge in [-0.05, 0) is 28.1 Å². The number of ether oxygens (including phenoxy) is 1. The number of aromatic hydroxyl groups is 1. The lowest BCUT2D eigenvalue weighted by molar-refractivity contribution is 0.388. The number of nitriles is 1. The van der Waals surface area contributed by atoms with Crippen molar-refractivity contribution in [2.75, 3.05) is 0 Å². The number of allylic oxidation sites excluding steroid dienone is 1. The molecule has 1 atom stereocenters. The fourth-order valence-corrected chi connectivity index (χ4v) is 3.79. The zero-order chi connectivity index (χ0) is 14.3. The summed E-state index contributed by atoms with van der Waals surface area (Å²) >= 11 is 4.96. The molecular weight excluding hydrogens is 340 g/mol. The van der Waals surface area contributed by atoms with E-state index in [-0.39, 0.29) is 17.6 Å². The minimum atomic E-state index is -0.263. The van der Waals surface area contributed by atoms with E-state index in [1.165, 1.54) is 17.4 Å². The van der Waals surface area contributed by atoms with Crippen LogP contribution in [0.3, 0.4) is 0 Å². The number of hydrogen-bond acceptors (Lipinski definition) is 5. The SMILES string of the molecule is N#CC1=C(N)Oc2cc(O)ccc2C1c1cc(Br)cs1. The van der Waals surface area contributed by atoms with Crippen LogP contribution in [0, 0.1) is 11.3 Å². The number of phenolic OH excluding ortho intramolecular Hbond substituents is 1. The minimum absolute atomic E-state index is 0.0834. The molecule has 1 aliphatic heterocycles. The summed E-state index contributed by atoms with van der Waals surface area (Å²) in [5.74, 6) is 0.403. The van der Waals surface area contributed by atoms with Gasteiger partial charge in [-0.2, -0.15) is 5.26 Å². The fraction of sp³-hybridized carbons (Fsp3) is 0.0714. The highest BCUT2D eigenvalue weighted by atomic mass is 79.9. The van der Waals surface area contributed by atoms with E-state index in [0.29, 0.717) is 11.3 Å². The number of rotatable bonds is 1. The Morgan fingerprint density at radius 1 is 1.40 bits per heavy atom. The molecule has 6 heteroatoms. The van der Waals surface area contributed by atoms with Crippen molar-refractivity contribution in [2.24, 2.45) is 5.73 Å². The van der Waals surface area contributed by atoms with Crippen molar-refractivity contribution in [3.63, 3.8) is 0 Å². The van der Waals surface area contributed by atoms with Gasteiger partial charge in [0, 0.05) is 26.4 Å². The number of nitrogens with two attached hydrogens (primary N) is 1. The molecule has 0 radical (unpaired) electrons. The summed E-state index contributed by atoms with van der Waals surface area (Å²) in [6.45, 7) is 0. The van der Waals surface area contributed by atoms with Gasteiger partial charge < -0.3 is 15.6 Å². The van der Waals surface area contributed by atoms with Crippen molar-refractivity contribution in [3.05, 3.63) is 56.0 Å². The van der Waals surface area contributed by atoms with E-state index in [0.717, 1.165) is 14.9 Å². The molecule has 100 valence electrons. The molecule has 0 amide bonds. The van der Waals surface area contributed by atoms with Crippen LogP contribution in [-0.2, 0) is 0 Å². The van der Waals surface area contributed by atoms with Crippen molar-refractivity contribution in [3.8, 4) is 17.6 Å². The highest BCUT2D eigenvalue weighted by molar-refractivity contribution is 9.10. The number of phenols is 1. The third-order valence-electron chi connectivity index (χ3n) is 3.07. The molecule has 0 bridgehead atoms. The van der Waals surface area contributed by atoms with Crippen LogP contribution >= 0.6 is 27.3 Å². The molecule has 3 N–H and O–H groups in total. The minimum Gasteiger partial charge on any atom is -0.508 e. The van der Waals surface area contributed by atoms with Gasteiger partial charge in [0.25, 0.3) is 0 Å². The molecule has 20 heavy (non-hydrogen) atoms. The maximum Gasteiger partial charge on any atom is 0.205 e. The summed E-state index contributed by atoms with van der Waals surface area (Å²) in [7, 11) is 0. The fourth-order valence-electron chi connectivity index (χ4n) is 2.22. The van der Waals surface area contributed by atoms with E-state index in [2.05, 4.69) is 22.0 Å². The van der Waals surface area contributed by atoms with Gasteiger partial charge in [-0.1, -0.05) is 6.07 Å². The Morgan fingerprint density at radius 3 is 2.85 bits per heavy atom. The zero-order valence-corrected chi connectivity index (χ0v) is 12.5. The lowest BCUT2D eigenvalue weighted by Gasteiger charge is -2.25. The Bertz CT molecular complexity index is 761. The van der Waals surface area contributed by atoms with Gasteiger partial charge in [0.05, 0.1) is 5.92 Å². The summed E-state index contributed by atoms with van der Waals surface area (Å²) < 4.78 is 6.40. The second-order valence-electron chi connectivity index (χ2n) is 4.31. The van der Waals surface area contributed by atoms with Crippen LogP contribution < -0.4 is 10.5 Å². The van der Waals surface area contributed by atoms with Crippen LogP contribution in [-0.4, -0.2) is 5.11 Å². The number of nitrogens with zero attached hydrogens (tertiary/aromatic N) is 1. The van der Waals surface area contributed by atoms with Crippen LogP contribution in [0.1, 0.15) is 16.4 Å². The topological polar surface area (TPSA) is 79.3 Å². The second-order valence-corrected chi connectivity index (χ2v) is 6.17. The average molecular weight is 349 g/mol. The van der Waals surface area contributed by atoms with Crippen molar-refractivity contribution >= 4 is 27.3 Å². The zero-order valence-electron chi connectivity index (χ0n) is 10.1. The molecule has 0 aliphatic carbocycles. The van der Waals surface area contributed by atoms with Crippen molar-refractivity contribution in [1.29, 1.82) is 5.26 Å². The first kappa shape index (κ1) is 13.0. The summed E-state index contributed by atoms with van der Waals surface area (Å²) in [5.41, 5.74) is 7.04. The first-order valence-electron chi connectivity index (χ1n) is 5.74. The summed E-state index contributed by atoms with van der Waals surface area (Å²) in [4.78, 5) is 0.992. The molecule has 1 aliphatic rings. The van der Waals surface area contributed by atoms with Gasteiger partial charge in [-0.25, -0.2) is 0 Å². The van der Waals surface area contributed by atoms with E-state index < -0.39 is 0 Å². The Labute approximate surface area is 127 Å². The van der Waals surface area contributed by atoms with Gasteiger partial charge in [-0.3, -0.25) is 0 Å². The van der Waals surface area contributed by atoms with E-state index in [4.69, 9.17) is 10.5 Å². The highest BCUT2D eigenvalue weighted by Gasteiger charge is 2.31. The average Bonchev–Trinajstić information content (AvgIpc) is 2.83. The summed E-state index contributed by atoms with van der Waals surface area (Å²) in [6, 6.07) is 8.93. The molecule has 1 aromatic heterocycles. The number of benzene rings is 1. The molecular formula is C14H9BrN2O2S. The van der Waals surface area contributed by atoms with E-state index in [1.54, 1.807) is 12.1 Å². The first-order chi connectivity index (χ1) is 9.60. The third kappa shape index (κ3) is 2.05. The molecule has 0 spiro atoms. The smallest absolute Gasteiger partial charge is 0.205 e. The molecule has 2 heterocycles. The molecule has 1 unspecified atom stereocenters. The van der Waals surface area contributed by atoms with Gasteiger partial charge in [0.1, 0.15) is 23.1 Å². The first-order valence-corrected chi connectivity index (χ1v) is 7.42. The standard InChI is InChI=1S/C14H9BrN2O2S/c15-7-3-12(20-6-7)13-9-2-1-8(18)4-11(9)19-14(17)10(13)5-16/h1-4,6,13,18H,17H2. The molecule has 1 aromatic carbocycles. The monoisotopic (exact) mass is 348 g/mol. The van der Waals surface area contributed by atoms with Gasteiger partial charge >= 0.3 is 0 Å². The third-order valence-corrected chi connectivity index (χ3v) is 4.83. The van der Waals surface area contributed by atoms with Gasteiger partial charge in [0.15, 0.2) is 0 Å². The van der Waals surface area contributed by atoms with E-state index in [9.17, 15) is 10.4 Å². The Kier molecular flexibility index (Phi) is 3.16. The number of thiophene rings is 1. The van der Waals surface area contributed by atoms with Gasteiger partial charge in [0.2, 0.25) is 5.88 Å². The predicted octanol–water partition coefficient (Wildman–Crippen LogP) is 3.43. The van der Waals surface area contributed by atoms with Crippen LogP contribution in [0.5, 0.6) is 11.5 Å². The Morgan fingerprint density at radius 2 is 2.20 bits per heavy atom. The van der Waals surface area contributed by atoms with Crippen LogP contribution in [0.4, 0.5) is 0 Å². The lowest BCUT2D eigenvalue weighted by Crippen LogP contribution is -2.20. The Balaban J connectivity index is 2.22. The maximum absolute atomic E-state index is 9.55. The maximum atomic E-state index is 9.55. The van der Waals surface area contributed by atoms with Crippen LogP contribution in [0.15, 0.2) is 45.6 Å².